The van der Waals surface area contributed by atoms with Crippen molar-refractivity contribution < 1.29 is 60.4 Å². The quantitative estimate of drug-likeness (QED) is 0.0555. The maximum absolute atomic E-state index is 11.8. The summed E-state index contributed by atoms with van der Waals surface area (Å²) < 4.78 is 20.4. The molecule has 0 aromatic heterocycles. The summed E-state index contributed by atoms with van der Waals surface area (Å²) in [7, 11) is 1.89. The number of methoxy groups -OCH3 is 1. The molecule has 0 spiro atoms. The van der Waals surface area contributed by atoms with Crippen molar-refractivity contribution in [1.82, 2.24) is 0 Å². The van der Waals surface area contributed by atoms with E-state index in [-0.39, 0.29) is 69.8 Å². The van der Waals surface area contributed by atoms with Crippen LogP contribution in [0.5, 0.6) is 11.5 Å². The molecular weight excluding hydrogens is 731 g/mol. The molecule has 3 saturated carbocycles. The summed E-state index contributed by atoms with van der Waals surface area (Å²) in [5, 5.41) is 0. The second kappa shape index (κ2) is 26.2. The molecule has 4 rings (SSSR count). The van der Waals surface area contributed by atoms with Gasteiger partial charge in [0.15, 0.2) is 0 Å². The van der Waals surface area contributed by atoms with Crippen molar-refractivity contribution in [3.8, 4) is 11.5 Å². The van der Waals surface area contributed by atoms with Gasteiger partial charge >= 0.3 is 31.4 Å². The molecule has 0 saturated heterocycles. The molecule has 0 atom stereocenters. The molecule has 0 aliphatic heterocycles. The SMILES string of the molecule is C1CCC(P(C2CCCCC2)C2CCCCC2)CC1.Cl.[CH-]=Cc1cc(OC(=O)CCC(=O)OCCOC)ccc1OC(C)C.[Cl-].[Ru+2]. The van der Waals surface area contributed by atoms with Gasteiger partial charge in [0, 0.05) is 12.9 Å². The average Bonchev–Trinajstić information content (AvgIpc) is 3.03. The molecule has 264 valence electrons. The predicted molar refractivity (Wildman–Crippen MR) is 183 cm³/mol. The number of benzene rings is 1. The summed E-state index contributed by atoms with van der Waals surface area (Å²) in [5.74, 6) is -0.0607. The van der Waals surface area contributed by atoms with Crippen molar-refractivity contribution in [3.05, 3.63) is 30.3 Å². The molecule has 10 heteroatoms. The van der Waals surface area contributed by atoms with Crippen molar-refractivity contribution in [2.75, 3.05) is 20.3 Å². The molecule has 3 fully saturated rings. The van der Waals surface area contributed by atoms with E-state index in [0.717, 1.165) is 0 Å². The zero-order valence-electron chi connectivity index (χ0n) is 28.2. The van der Waals surface area contributed by atoms with E-state index in [4.69, 9.17) is 25.5 Å². The van der Waals surface area contributed by atoms with Gasteiger partial charge in [0.1, 0.15) is 12.4 Å². The van der Waals surface area contributed by atoms with Crippen LogP contribution < -0.4 is 21.9 Å². The van der Waals surface area contributed by atoms with Crippen LogP contribution in [-0.4, -0.2) is 55.3 Å². The average molecular weight is 789 g/mol. The Hall–Kier alpha value is -0.707. The van der Waals surface area contributed by atoms with Gasteiger partial charge in [0.25, 0.3) is 0 Å². The fourth-order valence-corrected chi connectivity index (χ4v) is 11.5. The third kappa shape index (κ3) is 16.6. The predicted octanol–water partition coefficient (Wildman–Crippen LogP) is 6.68. The molecule has 0 heterocycles. The first-order valence-corrected chi connectivity index (χ1v) is 18.4. The Morgan fingerprint density at radius 1 is 0.826 bits per heavy atom. The molecule has 3 aliphatic rings. The fourth-order valence-electron chi connectivity index (χ4n) is 6.81. The van der Waals surface area contributed by atoms with E-state index in [9.17, 15) is 9.59 Å². The Morgan fingerprint density at radius 3 is 1.74 bits per heavy atom. The number of rotatable bonds is 13. The maximum atomic E-state index is 11.8. The first-order valence-electron chi connectivity index (χ1n) is 16.9. The molecule has 6 nitrogen and oxygen atoms in total. The van der Waals surface area contributed by atoms with Crippen molar-refractivity contribution in [2.24, 2.45) is 0 Å². The van der Waals surface area contributed by atoms with E-state index in [1.807, 2.05) is 13.8 Å². The Balaban J connectivity index is 0.000000841. The molecule has 1 aromatic rings. The van der Waals surface area contributed by atoms with Crippen LogP contribution in [0, 0.1) is 6.58 Å². The van der Waals surface area contributed by atoms with Gasteiger partial charge in [0.05, 0.1) is 25.6 Å². The van der Waals surface area contributed by atoms with E-state index in [2.05, 4.69) is 0 Å². The van der Waals surface area contributed by atoms with E-state index in [0.29, 0.717) is 31.6 Å². The largest absolute Gasteiger partial charge is 2.00 e. The molecule has 0 bridgehead atoms. The van der Waals surface area contributed by atoms with E-state index in [1.54, 1.807) is 95.2 Å². The zero-order chi connectivity index (χ0) is 30.9. The molecule has 0 N–H and O–H groups in total. The van der Waals surface area contributed by atoms with Gasteiger partial charge in [-0.1, -0.05) is 71.8 Å². The summed E-state index contributed by atoms with van der Waals surface area (Å²) in [6.07, 6.45) is 24.9. The van der Waals surface area contributed by atoms with Crippen molar-refractivity contribution in [1.29, 1.82) is 0 Å². The molecule has 46 heavy (non-hydrogen) atoms. The monoisotopic (exact) mass is 788 g/mol. The van der Waals surface area contributed by atoms with E-state index < -0.39 is 11.9 Å². The maximum Gasteiger partial charge on any atom is 2.00 e. The Morgan fingerprint density at radius 2 is 1.30 bits per heavy atom. The van der Waals surface area contributed by atoms with Crippen LogP contribution in [0.3, 0.4) is 0 Å². The number of carbonyl (C=O) groups excluding carboxylic acids is 2. The van der Waals surface area contributed by atoms with E-state index >= 15 is 0 Å². The fraction of sp³-hybridized carbons (Fsp3) is 0.722. The van der Waals surface area contributed by atoms with Gasteiger partial charge < -0.3 is 31.4 Å². The molecule has 0 radical (unpaired) electrons. The van der Waals surface area contributed by atoms with Crippen molar-refractivity contribution in [3.63, 3.8) is 0 Å². The van der Waals surface area contributed by atoms with Gasteiger partial charge in [-0.25, -0.2) is 6.08 Å². The van der Waals surface area contributed by atoms with Gasteiger partial charge in [-0.2, -0.15) is 0 Å². The first-order chi connectivity index (χ1) is 20.9. The zero-order valence-corrected chi connectivity index (χ0v) is 32.4. The standard InChI is InChI=1S/C18H23O6.C18H33P.2ClH.Ru/c1-5-14-12-15(6-7-16(14)23-13(2)3)24-18(20)9-8-17(19)22-11-10-21-4;1-4-10-16(11-5-1)19(17-12-6-2-7-13-17)18-14-8-3-9-15-18;;;/h1,5-7,12-13H,8-11H2,2-4H3;16-18H,1-15H2;2*1H;/q-1;;;;+2/p-1. The van der Waals surface area contributed by atoms with Gasteiger partial charge in [-0.15, -0.1) is 18.0 Å². The molecule has 3 aliphatic carbocycles. The number of hydrogen-bond donors (Lipinski definition) is 0. The smallest absolute Gasteiger partial charge is 1.00 e. The van der Waals surface area contributed by atoms with Gasteiger partial charge in [0.2, 0.25) is 0 Å². The minimum Gasteiger partial charge on any atom is -1.00 e. The molecule has 1 aromatic carbocycles. The molecule has 0 unspecified atom stereocenters. The summed E-state index contributed by atoms with van der Waals surface area (Å²) >= 11 is 0. The molecule has 0 amide bonds. The third-order valence-corrected chi connectivity index (χ3v) is 12.9. The van der Waals surface area contributed by atoms with Crippen molar-refractivity contribution in [2.45, 2.75) is 146 Å². The Labute approximate surface area is 305 Å². The van der Waals surface area contributed by atoms with Crippen LogP contribution in [0.15, 0.2) is 18.2 Å². The topological polar surface area (TPSA) is 71.1 Å². The number of esters is 2. The number of hydrogen-bond acceptors (Lipinski definition) is 6. The van der Waals surface area contributed by atoms with Crippen LogP contribution in [0.4, 0.5) is 0 Å². The third-order valence-electron chi connectivity index (χ3n) is 8.83. The minimum atomic E-state index is -0.529. The van der Waals surface area contributed by atoms with E-state index in [1.165, 1.54) is 49.4 Å². The van der Waals surface area contributed by atoms with Gasteiger partial charge in [-0.05, 0) is 81.5 Å². The van der Waals surface area contributed by atoms with Crippen molar-refractivity contribution >= 4 is 38.3 Å². The second-order valence-corrected chi connectivity index (χ2v) is 15.6. The Kier molecular flexibility index (Phi) is 25.8. The summed E-state index contributed by atoms with van der Waals surface area (Å²) in [6.45, 7) is 9.85. The first kappa shape index (κ1) is 45.3. The van der Waals surface area contributed by atoms with Gasteiger partial charge in [-0.3, -0.25) is 16.2 Å². The summed E-state index contributed by atoms with van der Waals surface area (Å²) in [5.41, 5.74) is 4.19. The van der Waals surface area contributed by atoms with Crippen LogP contribution in [-0.2, 0) is 38.5 Å². The second-order valence-electron chi connectivity index (χ2n) is 12.5. The number of halogens is 2. The minimum absolute atomic E-state index is 0. The van der Waals surface area contributed by atoms with Crippen LogP contribution in [0.25, 0.3) is 6.08 Å². The number of carbonyl (C=O) groups is 2. The molecular formula is C36H57Cl2O6PRu. The Bertz CT molecular complexity index is 936. The summed E-state index contributed by atoms with van der Waals surface area (Å²) in [6, 6.07) is 4.90. The normalized spacial score (nSPS) is 17.3. The number of ether oxygens (including phenoxy) is 4. The van der Waals surface area contributed by atoms with Crippen LogP contribution >= 0.6 is 20.3 Å². The summed E-state index contributed by atoms with van der Waals surface area (Å²) in [4.78, 5) is 23.2. The van der Waals surface area contributed by atoms with Crippen LogP contribution in [0.1, 0.15) is 129 Å². The van der Waals surface area contributed by atoms with Crippen LogP contribution in [0.2, 0.25) is 0 Å².